The van der Waals surface area contributed by atoms with E-state index < -0.39 is 16.8 Å². The van der Waals surface area contributed by atoms with E-state index in [9.17, 15) is 24.3 Å². The molecule has 1 aromatic heterocycles. The molecular weight excluding hydrogens is 428 g/mol. The summed E-state index contributed by atoms with van der Waals surface area (Å²) < 4.78 is 0. The van der Waals surface area contributed by atoms with Gasteiger partial charge in [0.15, 0.2) is 5.82 Å². The number of nitrogens with zero attached hydrogens (tertiary/aromatic N) is 1. The van der Waals surface area contributed by atoms with Gasteiger partial charge in [-0.2, -0.15) is 5.10 Å². The summed E-state index contributed by atoms with van der Waals surface area (Å²) in [5.74, 6) is -0.0984. The lowest BCUT2D eigenvalue weighted by molar-refractivity contribution is -0.118. The molecule has 0 aliphatic rings. The van der Waals surface area contributed by atoms with Gasteiger partial charge in [-0.15, -0.1) is 0 Å². The molecule has 0 saturated carbocycles. The van der Waals surface area contributed by atoms with Gasteiger partial charge in [0, 0.05) is 17.1 Å². The van der Waals surface area contributed by atoms with Crippen molar-refractivity contribution in [2.24, 2.45) is 0 Å². The Kier molecular flexibility index (Phi) is 5.77. The van der Waals surface area contributed by atoms with E-state index >= 15 is 0 Å². The molecule has 4 rings (SSSR count). The Bertz CT molecular complexity index is 1420. The third-order valence-corrected chi connectivity index (χ3v) is 5.08. The van der Waals surface area contributed by atoms with Crippen LogP contribution in [0.1, 0.15) is 18.5 Å². The Labute approximate surface area is 186 Å². The van der Waals surface area contributed by atoms with Gasteiger partial charge in [0.2, 0.25) is 12.3 Å². The second kappa shape index (κ2) is 8.83. The molecule has 6 N–H and O–H groups in total. The lowest BCUT2D eigenvalue weighted by Gasteiger charge is -2.20. The number of aromatic nitrogens is 2. The minimum Gasteiger partial charge on any atom is -0.508 e. The van der Waals surface area contributed by atoms with E-state index in [1.807, 2.05) is 0 Å². The van der Waals surface area contributed by atoms with Crippen LogP contribution >= 0.6 is 0 Å². The molecule has 3 aromatic carbocycles. The number of carbonyl (C=O) groups is 2. The SMILES string of the molecule is C[C@@H](Nc1c(Nc2ccc3[nH]nc(NC(=O)CNC=O)c3c2)c(=O)c1=O)c1cccc(O)c1. The van der Waals surface area contributed by atoms with Gasteiger partial charge < -0.3 is 26.4 Å². The second-order valence-electron chi connectivity index (χ2n) is 7.37. The van der Waals surface area contributed by atoms with Crippen LogP contribution in [0.2, 0.25) is 0 Å². The number of carbonyl (C=O) groups excluding carboxylic acids is 2. The first-order valence-electron chi connectivity index (χ1n) is 9.98. The van der Waals surface area contributed by atoms with Crippen molar-refractivity contribution < 1.29 is 14.7 Å². The number of aromatic hydroxyl groups is 1. The van der Waals surface area contributed by atoms with Crippen LogP contribution in [0.15, 0.2) is 52.1 Å². The Morgan fingerprint density at radius 2 is 1.94 bits per heavy atom. The number of amides is 2. The quantitative estimate of drug-likeness (QED) is 0.165. The van der Waals surface area contributed by atoms with E-state index in [-0.39, 0.29) is 35.5 Å². The highest BCUT2D eigenvalue weighted by Gasteiger charge is 2.23. The van der Waals surface area contributed by atoms with Crippen LogP contribution in [-0.2, 0) is 9.59 Å². The fourth-order valence-corrected chi connectivity index (χ4v) is 3.38. The fourth-order valence-electron chi connectivity index (χ4n) is 3.38. The number of rotatable bonds is 9. The van der Waals surface area contributed by atoms with Gasteiger partial charge in [-0.25, -0.2) is 0 Å². The van der Waals surface area contributed by atoms with E-state index in [1.54, 1.807) is 49.4 Å². The Hall–Kier alpha value is -4.67. The molecule has 0 radical (unpaired) electrons. The average molecular weight is 448 g/mol. The molecule has 0 saturated heterocycles. The van der Waals surface area contributed by atoms with Crippen molar-refractivity contribution in [3.63, 3.8) is 0 Å². The van der Waals surface area contributed by atoms with Gasteiger partial charge in [-0.1, -0.05) is 12.1 Å². The van der Waals surface area contributed by atoms with Crippen molar-refractivity contribution in [1.29, 1.82) is 0 Å². The van der Waals surface area contributed by atoms with Crippen molar-refractivity contribution >= 4 is 46.1 Å². The van der Waals surface area contributed by atoms with Gasteiger partial charge in [-0.3, -0.25) is 24.3 Å². The number of nitrogens with one attached hydrogen (secondary N) is 5. The van der Waals surface area contributed by atoms with E-state index in [1.165, 1.54) is 0 Å². The van der Waals surface area contributed by atoms with E-state index in [4.69, 9.17) is 0 Å². The molecule has 33 heavy (non-hydrogen) atoms. The van der Waals surface area contributed by atoms with Crippen LogP contribution < -0.4 is 32.1 Å². The zero-order valence-corrected chi connectivity index (χ0v) is 17.4. The summed E-state index contributed by atoms with van der Waals surface area (Å²) in [6, 6.07) is 11.3. The predicted molar refractivity (Wildman–Crippen MR) is 124 cm³/mol. The van der Waals surface area contributed by atoms with Crippen LogP contribution in [0, 0.1) is 0 Å². The molecule has 11 heteroatoms. The zero-order chi connectivity index (χ0) is 23.5. The molecule has 0 unspecified atom stereocenters. The molecule has 0 bridgehead atoms. The van der Waals surface area contributed by atoms with Crippen LogP contribution in [0.5, 0.6) is 5.75 Å². The van der Waals surface area contributed by atoms with Crippen LogP contribution in [0.25, 0.3) is 10.9 Å². The molecule has 1 atom stereocenters. The van der Waals surface area contributed by atoms with Crippen molar-refractivity contribution in [2.75, 3.05) is 22.5 Å². The molecule has 1 heterocycles. The normalized spacial score (nSPS) is 11.8. The molecule has 4 aromatic rings. The first-order chi connectivity index (χ1) is 15.9. The fraction of sp³-hybridized carbons (Fsp3) is 0.136. The molecule has 0 fully saturated rings. The number of phenolic OH excluding ortho intramolecular Hbond substituents is 1. The zero-order valence-electron chi connectivity index (χ0n) is 17.4. The Balaban J connectivity index is 1.55. The molecule has 168 valence electrons. The van der Waals surface area contributed by atoms with Gasteiger partial charge in [0.25, 0.3) is 10.9 Å². The smallest absolute Gasteiger partial charge is 0.253 e. The highest BCUT2D eigenvalue weighted by atomic mass is 16.3. The standard InChI is InChI=1S/C22H20N6O5/c1-11(12-3-2-4-14(30)7-12)24-18-19(21(33)20(18)32)25-13-5-6-16-15(8-13)22(28-27-16)26-17(31)9-23-10-29/h2-8,10-11,24-25,30H,9H2,1H3,(H,23,29)(H2,26,27,28,31)/t11-/m1/s1. The van der Waals surface area contributed by atoms with Crippen LogP contribution in [0.3, 0.4) is 0 Å². The molecular formula is C22H20N6O5. The molecule has 11 nitrogen and oxygen atoms in total. The maximum absolute atomic E-state index is 12.2. The van der Waals surface area contributed by atoms with Crippen molar-refractivity contribution in [3.8, 4) is 5.75 Å². The lowest BCUT2D eigenvalue weighted by atomic mass is 10.1. The van der Waals surface area contributed by atoms with E-state index in [0.717, 1.165) is 5.56 Å². The number of benzene rings is 2. The average Bonchev–Trinajstić information content (AvgIpc) is 3.21. The number of hydrogen-bond acceptors (Lipinski definition) is 8. The molecule has 0 aliphatic carbocycles. The summed E-state index contributed by atoms with van der Waals surface area (Å²) in [5, 5.41) is 27.9. The largest absolute Gasteiger partial charge is 0.508 e. The van der Waals surface area contributed by atoms with E-state index in [0.29, 0.717) is 23.0 Å². The summed E-state index contributed by atoms with van der Waals surface area (Å²) in [6.45, 7) is 1.60. The predicted octanol–water partition coefficient (Wildman–Crippen LogP) is 1.47. The van der Waals surface area contributed by atoms with Crippen LogP contribution in [-0.4, -0.2) is 34.2 Å². The summed E-state index contributed by atoms with van der Waals surface area (Å²) in [7, 11) is 0. The number of hydrogen-bond donors (Lipinski definition) is 6. The maximum atomic E-state index is 12.2. The van der Waals surface area contributed by atoms with Crippen molar-refractivity contribution in [1.82, 2.24) is 15.5 Å². The summed E-state index contributed by atoms with van der Waals surface area (Å²) in [6.07, 6.45) is 0.419. The monoisotopic (exact) mass is 448 g/mol. The number of phenols is 1. The minimum absolute atomic E-state index is 0.0998. The van der Waals surface area contributed by atoms with Crippen molar-refractivity contribution in [3.05, 3.63) is 68.5 Å². The topological polar surface area (TPSA) is 165 Å². The highest BCUT2D eigenvalue weighted by molar-refractivity contribution is 6.01. The first-order valence-corrected chi connectivity index (χ1v) is 9.98. The maximum Gasteiger partial charge on any atom is 0.253 e. The molecule has 0 spiro atoms. The van der Waals surface area contributed by atoms with Crippen molar-refractivity contribution in [2.45, 2.75) is 13.0 Å². The first kappa shape index (κ1) is 21.6. The number of aromatic amines is 1. The van der Waals surface area contributed by atoms with Crippen LogP contribution in [0.4, 0.5) is 22.9 Å². The summed E-state index contributed by atoms with van der Waals surface area (Å²) in [4.78, 5) is 46.6. The number of fused-ring (bicyclic) bond motifs is 1. The number of H-pyrrole nitrogens is 1. The molecule has 2 amide bonds. The Morgan fingerprint density at radius 1 is 1.15 bits per heavy atom. The summed E-state index contributed by atoms with van der Waals surface area (Å²) >= 11 is 0. The highest BCUT2D eigenvalue weighted by Crippen LogP contribution is 2.29. The third kappa shape index (κ3) is 4.37. The summed E-state index contributed by atoms with van der Waals surface area (Å²) in [5.41, 5.74) is 0.877. The third-order valence-electron chi connectivity index (χ3n) is 5.08. The number of anilines is 4. The van der Waals surface area contributed by atoms with Gasteiger partial charge in [0.1, 0.15) is 17.1 Å². The van der Waals surface area contributed by atoms with Gasteiger partial charge in [0.05, 0.1) is 12.1 Å². The molecule has 0 aliphatic heterocycles. The van der Waals surface area contributed by atoms with E-state index in [2.05, 4.69) is 31.5 Å². The lowest BCUT2D eigenvalue weighted by Crippen LogP contribution is -2.37. The van der Waals surface area contributed by atoms with Gasteiger partial charge >= 0.3 is 0 Å². The minimum atomic E-state index is -0.652. The van der Waals surface area contributed by atoms with Gasteiger partial charge in [-0.05, 0) is 42.8 Å². The second-order valence-corrected chi connectivity index (χ2v) is 7.37. The Morgan fingerprint density at radius 3 is 2.70 bits per heavy atom.